The number of aliphatic hydroxyl groups is 1. The quantitative estimate of drug-likeness (QED) is 0.545. The Kier molecular flexibility index (Phi) is 3.03. The number of carbonyl (C=O) groups excluding carboxylic acids is 1. The first kappa shape index (κ1) is 9.93. The van der Waals surface area contributed by atoms with Crippen LogP contribution in [0.5, 0.6) is 0 Å². The standard InChI is InChI=1S/C10H18N2O2/c13-9(7-1-2-7)5-12-10(14)6-11-8-3-4-8/h7-9,11,13H,1-6H2,(H,12,14). The fourth-order valence-electron chi connectivity index (χ4n) is 1.45. The topological polar surface area (TPSA) is 61.4 Å². The number of aliphatic hydroxyl groups excluding tert-OH is 1. The summed E-state index contributed by atoms with van der Waals surface area (Å²) in [5, 5.41) is 15.4. The molecular weight excluding hydrogens is 180 g/mol. The molecule has 4 heteroatoms. The minimum Gasteiger partial charge on any atom is -0.391 e. The maximum Gasteiger partial charge on any atom is 0.234 e. The average Bonchev–Trinajstić information content (AvgIpc) is 3.04. The van der Waals surface area contributed by atoms with Gasteiger partial charge in [0.15, 0.2) is 0 Å². The molecule has 0 aromatic heterocycles. The van der Waals surface area contributed by atoms with Gasteiger partial charge in [-0.25, -0.2) is 0 Å². The number of hydrogen-bond acceptors (Lipinski definition) is 3. The van der Waals surface area contributed by atoms with E-state index in [9.17, 15) is 9.90 Å². The van der Waals surface area contributed by atoms with Crippen LogP contribution in [0.2, 0.25) is 0 Å². The highest BCUT2D eigenvalue weighted by Gasteiger charge is 2.29. The second kappa shape index (κ2) is 4.28. The zero-order chi connectivity index (χ0) is 9.97. The Bertz CT molecular complexity index is 212. The van der Waals surface area contributed by atoms with E-state index >= 15 is 0 Å². The van der Waals surface area contributed by atoms with Gasteiger partial charge in [0.1, 0.15) is 0 Å². The van der Waals surface area contributed by atoms with E-state index in [1.54, 1.807) is 0 Å². The molecule has 2 aliphatic rings. The molecule has 2 saturated carbocycles. The summed E-state index contributed by atoms with van der Waals surface area (Å²) in [6.45, 7) is 0.803. The zero-order valence-electron chi connectivity index (χ0n) is 8.33. The van der Waals surface area contributed by atoms with Crippen LogP contribution in [0.3, 0.4) is 0 Å². The van der Waals surface area contributed by atoms with Crippen LogP contribution >= 0.6 is 0 Å². The Morgan fingerprint density at radius 3 is 2.64 bits per heavy atom. The Hall–Kier alpha value is -0.610. The van der Waals surface area contributed by atoms with E-state index in [0.29, 0.717) is 25.0 Å². The maximum absolute atomic E-state index is 11.2. The van der Waals surface area contributed by atoms with E-state index in [0.717, 1.165) is 12.8 Å². The molecule has 0 radical (unpaired) electrons. The molecule has 2 aliphatic carbocycles. The first-order valence-corrected chi connectivity index (χ1v) is 5.44. The lowest BCUT2D eigenvalue weighted by Crippen LogP contribution is -2.39. The number of carbonyl (C=O) groups is 1. The van der Waals surface area contributed by atoms with Crippen molar-refractivity contribution in [3.05, 3.63) is 0 Å². The Labute approximate surface area is 84.1 Å². The predicted octanol–water partition coefficient (Wildman–Crippen LogP) is -0.375. The molecule has 0 aliphatic heterocycles. The van der Waals surface area contributed by atoms with Gasteiger partial charge < -0.3 is 15.7 Å². The van der Waals surface area contributed by atoms with E-state index in [1.165, 1.54) is 12.8 Å². The van der Waals surface area contributed by atoms with Crippen molar-refractivity contribution in [2.45, 2.75) is 37.8 Å². The predicted molar refractivity (Wildman–Crippen MR) is 52.8 cm³/mol. The minimum absolute atomic E-state index is 0.00315. The minimum atomic E-state index is -0.333. The van der Waals surface area contributed by atoms with Gasteiger partial charge in [0, 0.05) is 12.6 Å². The summed E-state index contributed by atoms with van der Waals surface area (Å²) in [6.07, 6.45) is 4.27. The molecule has 0 bridgehead atoms. The van der Waals surface area contributed by atoms with Gasteiger partial charge in [-0.2, -0.15) is 0 Å². The van der Waals surface area contributed by atoms with E-state index in [4.69, 9.17) is 0 Å². The van der Waals surface area contributed by atoms with Gasteiger partial charge >= 0.3 is 0 Å². The molecule has 1 amide bonds. The van der Waals surface area contributed by atoms with Gasteiger partial charge in [-0.15, -0.1) is 0 Å². The molecule has 0 aromatic rings. The van der Waals surface area contributed by atoms with E-state index in [2.05, 4.69) is 10.6 Å². The van der Waals surface area contributed by atoms with Crippen molar-refractivity contribution in [2.24, 2.45) is 5.92 Å². The van der Waals surface area contributed by atoms with Crippen LogP contribution in [0.1, 0.15) is 25.7 Å². The molecule has 0 spiro atoms. The van der Waals surface area contributed by atoms with Crippen molar-refractivity contribution < 1.29 is 9.90 Å². The third kappa shape index (κ3) is 3.27. The van der Waals surface area contributed by atoms with Crippen molar-refractivity contribution in [3.63, 3.8) is 0 Å². The summed E-state index contributed by atoms with van der Waals surface area (Å²) in [4.78, 5) is 11.2. The monoisotopic (exact) mass is 198 g/mol. The second-order valence-electron chi connectivity index (χ2n) is 4.36. The highest BCUT2D eigenvalue weighted by atomic mass is 16.3. The van der Waals surface area contributed by atoms with Gasteiger partial charge in [0.25, 0.3) is 0 Å². The summed E-state index contributed by atoms with van der Waals surface area (Å²) >= 11 is 0. The van der Waals surface area contributed by atoms with Crippen molar-refractivity contribution >= 4 is 5.91 Å². The van der Waals surface area contributed by atoms with Gasteiger partial charge in [-0.05, 0) is 31.6 Å². The molecule has 1 unspecified atom stereocenters. The fraction of sp³-hybridized carbons (Fsp3) is 0.900. The molecule has 4 nitrogen and oxygen atoms in total. The second-order valence-corrected chi connectivity index (χ2v) is 4.36. The summed E-state index contributed by atoms with van der Waals surface area (Å²) in [5.74, 6) is 0.434. The lowest BCUT2D eigenvalue weighted by Gasteiger charge is -2.10. The van der Waals surface area contributed by atoms with Crippen LogP contribution in [0.25, 0.3) is 0 Å². The maximum atomic E-state index is 11.2. The smallest absolute Gasteiger partial charge is 0.234 e. The molecule has 0 saturated heterocycles. The van der Waals surface area contributed by atoms with Crippen LogP contribution in [0, 0.1) is 5.92 Å². The van der Waals surface area contributed by atoms with E-state index in [-0.39, 0.29) is 12.0 Å². The molecule has 0 aromatic carbocycles. The van der Waals surface area contributed by atoms with Crippen LogP contribution in [0.15, 0.2) is 0 Å². The Morgan fingerprint density at radius 2 is 2.07 bits per heavy atom. The highest BCUT2D eigenvalue weighted by Crippen LogP contribution is 2.32. The molecule has 3 N–H and O–H groups in total. The molecule has 80 valence electrons. The summed E-state index contributed by atoms with van der Waals surface area (Å²) in [6, 6.07) is 0.564. The lowest BCUT2D eigenvalue weighted by atomic mass is 10.2. The van der Waals surface area contributed by atoms with Crippen LogP contribution in [-0.4, -0.2) is 36.2 Å². The number of rotatable bonds is 6. The molecule has 1 atom stereocenters. The Morgan fingerprint density at radius 1 is 1.36 bits per heavy atom. The van der Waals surface area contributed by atoms with Crippen molar-refractivity contribution in [3.8, 4) is 0 Å². The summed E-state index contributed by atoms with van der Waals surface area (Å²) in [7, 11) is 0. The number of nitrogens with one attached hydrogen (secondary N) is 2. The van der Waals surface area contributed by atoms with Crippen LogP contribution in [-0.2, 0) is 4.79 Å². The first-order valence-electron chi connectivity index (χ1n) is 5.44. The SMILES string of the molecule is O=C(CNC1CC1)NCC(O)C1CC1. The molecule has 2 fully saturated rings. The molecule has 14 heavy (non-hydrogen) atoms. The third-order valence-electron chi connectivity index (χ3n) is 2.80. The summed E-state index contributed by atoms with van der Waals surface area (Å²) < 4.78 is 0. The third-order valence-corrected chi connectivity index (χ3v) is 2.80. The molecule has 2 rings (SSSR count). The number of amides is 1. The van der Waals surface area contributed by atoms with Crippen LogP contribution in [0.4, 0.5) is 0 Å². The normalized spacial score (nSPS) is 23.2. The molecule has 0 heterocycles. The zero-order valence-corrected chi connectivity index (χ0v) is 8.33. The van der Waals surface area contributed by atoms with E-state index in [1.807, 2.05) is 0 Å². The van der Waals surface area contributed by atoms with Gasteiger partial charge in [0.2, 0.25) is 5.91 Å². The van der Waals surface area contributed by atoms with Gasteiger partial charge in [0.05, 0.1) is 12.6 Å². The highest BCUT2D eigenvalue weighted by molar-refractivity contribution is 5.78. The Balaban J connectivity index is 1.52. The largest absolute Gasteiger partial charge is 0.391 e. The summed E-state index contributed by atoms with van der Waals surface area (Å²) in [5.41, 5.74) is 0. The van der Waals surface area contributed by atoms with Crippen molar-refractivity contribution in [1.29, 1.82) is 0 Å². The van der Waals surface area contributed by atoms with Crippen molar-refractivity contribution in [2.75, 3.05) is 13.1 Å². The van der Waals surface area contributed by atoms with Gasteiger partial charge in [-0.1, -0.05) is 0 Å². The fourth-order valence-corrected chi connectivity index (χ4v) is 1.45. The van der Waals surface area contributed by atoms with Crippen LogP contribution < -0.4 is 10.6 Å². The number of hydrogen-bond donors (Lipinski definition) is 3. The molecular formula is C10H18N2O2. The van der Waals surface area contributed by atoms with Crippen molar-refractivity contribution in [1.82, 2.24) is 10.6 Å². The average molecular weight is 198 g/mol. The lowest BCUT2D eigenvalue weighted by molar-refractivity contribution is -0.120. The first-order chi connectivity index (χ1) is 6.75. The van der Waals surface area contributed by atoms with E-state index < -0.39 is 0 Å². The van der Waals surface area contributed by atoms with Gasteiger partial charge in [-0.3, -0.25) is 4.79 Å².